The smallest absolute Gasteiger partial charge is 0.408 e. The summed E-state index contributed by atoms with van der Waals surface area (Å²) in [4.78, 5) is 36.8. The summed E-state index contributed by atoms with van der Waals surface area (Å²) in [6.07, 6.45) is -1.86. The Morgan fingerprint density at radius 3 is 1.88 bits per heavy atom. The predicted octanol–water partition coefficient (Wildman–Crippen LogP) is 3.57. The molecule has 0 saturated heterocycles. The molecule has 0 aliphatic carbocycles. The molecule has 8 heteroatoms. The van der Waals surface area contributed by atoms with Gasteiger partial charge in [-0.2, -0.15) is 5.26 Å². The number of alkyl carbamates (subject to hydrolysis) is 1. The molecule has 2 aromatic rings. The Morgan fingerprint density at radius 2 is 1.41 bits per heavy atom. The third-order valence-electron chi connectivity index (χ3n) is 4.38. The molecule has 0 fully saturated rings. The molecular weight excluding hydrogens is 436 g/mol. The van der Waals surface area contributed by atoms with Gasteiger partial charge in [0.15, 0.2) is 6.04 Å². The monoisotopic (exact) mass is 462 g/mol. The van der Waals surface area contributed by atoms with Gasteiger partial charge in [-0.05, 0) is 76.2 Å². The highest BCUT2D eigenvalue weighted by Gasteiger charge is 2.32. The minimum Gasteiger partial charge on any atom is -0.467 e. The molecule has 0 radical (unpaired) electrons. The zero-order chi connectivity index (χ0) is 25.3. The third kappa shape index (κ3) is 7.99. The summed E-state index contributed by atoms with van der Waals surface area (Å²) in [7, 11) is 1.16. The molecule has 34 heavy (non-hydrogen) atoms. The van der Waals surface area contributed by atoms with Crippen molar-refractivity contribution in [2.24, 2.45) is 0 Å². The normalized spacial score (nSPS) is 12.1. The molecule has 0 unspecified atom stereocenters. The first kappa shape index (κ1) is 26.0. The molecule has 2 atom stereocenters. The van der Waals surface area contributed by atoms with Crippen molar-refractivity contribution in [3.8, 4) is 17.9 Å². The Balaban J connectivity index is 2.05. The number of rotatable bonds is 5. The Labute approximate surface area is 198 Å². The average Bonchev–Trinajstić information content (AvgIpc) is 2.80. The summed E-state index contributed by atoms with van der Waals surface area (Å²) < 4.78 is 15.2. The molecule has 0 aliphatic rings. The van der Waals surface area contributed by atoms with Gasteiger partial charge in [-0.3, -0.25) is 0 Å². The number of hydrogen-bond acceptors (Lipinski definition) is 7. The maximum atomic E-state index is 12.6. The highest BCUT2D eigenvalue weighted by atomic mass is 16.6. The molecule has 8 nitrogen and oxygen atoms in total. The maximum absolute atomic E-state index is 12.6. The molecule has 1 amide bonds. The Kier molecular flexibility index (Phi) is 8.80. The summed E-state index contributed by atoms with van der Waals surface area (Å²) in [5, 5.41) is 11.2. The predicted molar refractivity (Wildman–Crippen MR) is 124 cm³/mol. The highest BCUT2D eigenvalue weighted by Crippen LogP contribution is 2.12. The lowest BCUT2D eigenvalue weighted by molar-refractivity contribution is -0.145. The number of benzene rings is 2. The lowest BCUT2D eigenvalue weighted by Crippen LogP contribution is -2.51. The van der Waals surface area contributed by atoms with Gasteiger partial charge in [0.2, 0.25) is 0 Å². The molecule has 1 N–H and O–H groups in total. The van der Waals surface area contributed by atoms with Crippen LogP contribution in [-0.4, -0.2) is 42.9 Å². The number of carbonyl (C=O) groups excluding carboxylic acids is 3. The molecule has 176 valence electrons. The fourth-order valence-corrected chi connectivity index (χ4v) is 2.70. The van der Waals surface area contributed by atoms with E-state index in [2.05, 4.69) is 17.2 Å². The van der Waals surface area contributed by atoms with Gasteiger partial charge in [0.25, 0.3) is 0 Å². The van der Waals surface area contributed by atoms with E-state index < -0.39 is 35.8 Å². The van der Waals surface area contributed by atoms with Gasteiger partial charge in [-0.15, -0.1) is 0 Å². The fourth-order valence-electron chi connectivity index (χ4n) is 2.70. The van der Waals surface area contributed by atoms with Gasteiger partial charge in [0.1, 0.15) is 11.7 Å². The molecule has 0 spiro atoms. The van der Waals surface area contributed by atoms with Crippen molar-refractivity contribution in [3.05, 3.63) is 70.8 Å². The van der Waals surface area contributed by atoms with Crippen LogP contribution in [0, 0.1) is 23.2 Å². The van der Waals surface area contributed by atoms with Crippen LogP contribution in [-0.2, 0) is 19.0 Å². The van der Waals surface area contributed by atoms with Crippen molar-refractivity contribution in [3.63, 3.8) is 0 Å². The van der Waals surface area contributed by atoms with Crippen molar-refractivity contribution < 1.29 is 28.6 Å². The number of carbonyl (C=O) groups is 3. The van der Waals surface area contributed by atoms with Crippen molar-refractivity contribution in [2.45, 2.75) is 45.4 Å². The largest absolute Gasteiger partial charge is 0.467 e. The quantitative estimate of drug-likeness (QED) is 0.410. The van der Waals surface area contributed by atoms with Gasteiger partial charge in [-0.25, -0.2) is 14.4 Å². The molecule has 0 aromatic heterocycles. The average molecular weight is 463 g/mol. The van der Waals surface area contributed by atoms with Crippen molar-refractivity contribution >= 4 is 18.0 Å². The SMILES string of the molecule is COC(=O)[C@@H](NC(=O)OC(C)(C)C)[C@@H](C)OC(=O)c1ccc(C#Cc2ccc(C#N)cc2)cc1. The van der Waals surface area contributed by atoms with Crippen molar-refractivity contribution in [2.75, 3.05) is 7.11 Å². The van der Waals surface area contributed by atoms with Crippen LogP contribution in [0.25, 0.3) is 0 Å². The second kappa shape index (κ2) is 11.5. The molecule has 0 aliphatic heterocycles. The van der Waals surface area contributed by atoms with Gasteiger partial charge < -0.3 is 19.5 Å². The standard InChI is InChI=1S/C26H26N2O6/c1-17(22(24(30)32-5)28-25(31)34-26(2,3)4)33-23(29)21-14-12-19(13-15-21)7-6-18-8-10-20(16-27)11-9-18/h8-15,17,22H,1-5H3,(H,28,31)/t17-,22+/m1/s1. The van der Waals surface area contributed by atoms with Crippen LogP contribution in [0.15, 0.2) is 48.5 Å². The van der Waals surface area contributed by atoms with Crippen LogP contribution in [0.5, 0.6) is 0 Å². The second-order valence-corrected chi connectivity index (χ2v) is 8.27. The van der Waals surface area contributed by atoms with Crippen molar-refractivity contribution in [1.82, 2.24) is 5.32 Å². The van der Waals surface area contributed by atoms with Gasteiger partial charge >= 0.3 is 18.0 Å². The van der Waals surface area contributed by atoms with E-state index in [-0.39, 0.29) is 5.56 Å². The molecule has 0 saturated carbocycles. The summed E-state index contributed by atoms with van der Waals surface area (Å²) in [5.41, 5.74) is 1.46. The number of amides is 1. The lowest BCUT2D eigenvalue weighted by Gasteiger charge is -2.25. The van der Waals surface area contributed by atoms with Crippen LogP contribution in [0.3, 0.4) is 0 Å². The second-order valence-electron chi connectivity index (χ2n) is 8.27. The number of ether oxygens (including phenoxy) is 3. The zero-order valence-electron chi connectivity index (χ0n) is 19.7. The van der Waals surface area contributed by atoms with E-state index in [0.717, 1.165) is 12.7 Å². The van der Waals surface area contributed by atoms with Gasteiger partial charge in [0.05, 0.1) is 24.3 Å². The van der Waals surface area contributed by atoms with E-state index in [1.54, 1.807) is 69.3 Å². The first-order valence-corrected chi connectivity index (χ1v) is 10.4. The minimum absolute atomic E-state index is 0.247. The molecule has 2 rings (SSSR count). The van der Waals surface area contributed by atoms with Crippen LogP contribution >= 0.6 is 0 Å². The van der Waals surface area contributed by atoms with E-state index in [1.807, 2.05) is 6.07 Å². The number of hydrogen-bond donors (Lipinski definition) is 1. The number of methoxy groups -OCH3 is 1. The van der Waals surface area contributed by atoms with E-state index in [1.165, 1.54) is 6.92 Å². The Morgan fingerprint density at radius 1 is 0.912 bits per heavy atom. The van der Waals surface area contributed by atoms with Crippen LogP contribution in [0.2, 0.25) is 0 Å². The molecule has 0 bridgehead atoms. The van der Waals surface area contributed by atoms with Crippen LogP contribution in [0.1, 0.15) is 54.7 Å². The summed E-state index contributed by atoms with van der Waals surface area (Å²) in [5.74, 6) is 4.50. The van der Waals surface area contributed by atoms with E-state index in [9.17, 15) is 14.4 Å². The Bertz CT molecular complexity index is 1130. The van der Waals surface area contributed by atoms with E-state index in [0.29, 0.717) is 11.1 Å². The minimum atomic E-state index is -1.25. The summed E-state index contributed by atoms with van der Waals surface area (Å²) in [6.45, 7) is 6.51. The van der Waals surface area contributed by atoms with Crippen molar-refractivity contribution in [1.29, 1.82) is 5.26 Å². The van der Waals surface area contributed by atoms with Crippen LogP contribution < -0.4 is 5.32 Å². The molecule has 0 heterocycles. The number of esters is 2. The summed E-state index contributed by atoms with van der Waals surface area (Å²) in [6, 6.07) is 14.1. The van der Waals surface area contributed by atoms with Gasteiger partial charge in [0, 0.05) is 11.1 Å². The number of nitrogens with zero attached hydrogens (tertiary/aromatic N) is 1. The van der Waals surface area contributed by atoms with Crippen LogP contribution in [0.4, 0.5) is 4.79 Å². The zero-order valence-corrected chi connectivity index (χ0v) is 19.7. The van der Waals surface area contributed by atoms with E-state index in [4.69, 9.17) is 19.5 Å². The topological polar surface area (TPSA) is 115 Å². The maximum Gasteiger partial charge on any atom is 0.408 e. The lowest BCUT2D eigenvalue weighted by atomic mass is 10.1. The third-order valence-corrected chi connectivity index (χ3v) is 4.38. The first-order chi connectivity index (χ1) is 16.0. The first-order valence-electron chi connectivity index (χ1n) is 10.4. The van der Waals surface area contributed by atoms with E-state index >= 15 is 0 Å². The molecular formula is C26H26N2O6. The summed E-state index contributed by atoms with van der Waals surface area (Å²) >= 11 is 0. The number of nitrogens with one attached hydrogen (secondary N) is 1. The Hall–Kier alpha value is -4.30. The van der Waals surface area contributed by atoms with Gasteiger partial charge in [-0.1, -0.05) is 11.8 Å². The molecule has 2 aromatic carbocycles. The number of nitriles is 1. The highest BCUT2D eigenvalue weighted by molar-refractivity contribution is 5.90. The fraction of sp³-hybridized carbons (Fsp3) is 0.308.